The molecule has 1 unspecified atom stereocenters. The van der Waals surface area contributed by atoms with Crippen LogP contribution in [0.3, 0.4) is 0 Å². The van der Waals surface area contributed by atoms with Gasteiger partial charge in [0.2, 0.25) is 0 Å². The molecule has 0 aromatic heterocycles. The van der Waals surface area contributed by atoms with Crippen molar-refractivity contribution >= 4 is 24.2 Å². The first kappa shape index (κ1) is 11.8. The Bertz CT molecular complexity index is 249. The summed E-state index contributed by atoms with van der Waals surface area (Å²) in [4.78, 5) is 35.5. The summed E-state index contributed by atoms with van der Waals surface area (Å²) < 4.78 is 26.8. The van der Waals surface area contributed by atoms with Crippen LogP contribution in [0.1, 0.15) is 0 Å². The Labute approximate surface area is 73.8 Å². The average molecular weight is 258 g/mol. The van der Waals surface area contributed by atoms with E-state index in [1.807, 2.05) is 0 Å². The normalized spacial score (nSPS) is 42.2. The number of rotatable bonds is 1. The van der Waals surface area contributed by atoms with Gasteiger partial charge < -0.3 is 0 Å². The Kier molecular flexibility index (Phi) is 3.11. The minimum atomic E-state index is -4.83. The van der Waals surface area contributed by atoms with E-state index < -0.39 is 24.2 Å². The molecule has 0 amide bonds. The Morgan fingerprint density at radius 1 is 1.31 bits per heavy atom. The van der Waals surface area contributed by atoms with Crippen LogP contribution in [0.4, 0.5) is 0 Å². The zero-order chi connectivity index (χ0) is 10.3. The van der Waals surface area contributed by atoms with Crippen LogP contribution in [0.15, 0.2) is 0 Å². The molecule has 0 radical (unpaired) electrons. The second-order valence-electron chi connectivity index (χ2n) is 2.03. The zero-order valence-electron chi connectivity index (χ0n) is 6.28. The fourth-order valence-electron chi connectivity index (χ4n) is 0.599. The van der Waals surface area contributed by atoms with Gasteiger partial charge in [0.05, 0.1) is 0 Å². The molecule has 4 N–H and O–H groups in total. The van der Waals surface area contributed by atoms with E-state index in [0.717, 1.165) is 7.11 Å². The fourth-order valence-corrected chi connectivity index (χ4v) is 6.40. The summed E-state index contributed by atoms with van der Waals surface area (Å²) in [5, 5.41) is 0. The SMILES string of the molecule is CO[PH]1(O)OP(=O)(O)O[PH](O)(O)O1. The van der Waals surface area contributed by atoms with Crippen LogP contribution in [0.25, 0.3) is 0 Å². The van der Waals surface area contributed by atoms with Gasteiger partial charge in [-0.2, -0.15) is 0 Å². The van der Waals surface area contributed by atoms with E-state index in [4.69, 9.17) is 19.6 Å². The fraction of sp³-hybridized carbons (Fsp3) is 1.00. The van der Waals surface area contributed by atoms with Gasteiger partial charge in [-0.15, -0.1) is 0 Å². The maximum atomic E-state index is 10.8. The first-order valence-electron chi connectivity index (χ1n) is 2.85. The molecule has 1 heterocycles. The molecule has 1 rings (SSSR count). The van der Waals surface area contributed by atoms with Gasteiger partial charge in [0.1, 0.15) is 0 Å². The molecule has 1 saturated heterocycles. The average Bonchev–Trinajstić information content (AvgIpc) is 1.79. The van der Waals surface area contributed by atoms with E-state index in [2.05, 4.69) is 17.5 Å². The van der Waals surface area contributed by atoms with Crippen molar-refractivity contribution in [2.75, 3.05) is 7.11 Å². The molecule has 1 aliphatic heterocycles. The molecule has 0 spiro atoms. The molecular weight excluding hydrogens is 249 g/mol. The topological polar surface area (TPSA) is 135 Å². The third-order valence-corrected chi connectivity index (χ3v) is 7.32. The second kappa shape index (κ2) is 3.41. The summed E-state index contributed by atoms with van der Waals surface area (Å²) in [7, 11) is -13.1. The van der Waals surface area contributed by atoms with Gasteiger partial charge in [-0.1, -0.05) is 0 Å². The Morgan fingerprint density at radius 3 is 2.23 bits per heavy atom. The van der Waals surface area contributed by atoms with E-state index in [1.165, 1.54) is 0 Å². The number of hydrogen-bond donors (Lipinski definition) is 4. The standard InChI is InChI=1S/CH9O9P3/c1-7-13(6)9-11(2,3)8-12(4,5)10-13/h2-3,6,11,13H,1H3,(H,4,5). The van der Waals surface area contributed by atoms with E-state index in [-0.39, 0.29) is 0 Å². The van der Waals surface area contributed by atoms with Gasteiger partial charge >= 0.3 is 72.9 Å². The monoisotopic (exact) mass is 258 g/mol. The van der Waals surface area contributed by atoms with Gasteiger partial charge in [-0.05, 0) is 0 Å². The van der Waals surface area contributed by atoms with E-state index in [9.17, 15) is 4.57 Å². The van der Waals surface area contributed by atoms with Gasteiger partial charge in [-0.3, -0.25) is 0 Å². The van der Waals surface area contributed by atoms with Crippen molar-refractivity contribution in [3.8, 4) is 0 Å². The second-order valence-corrected chi connectivity index (χ2v) is 7.80. The molecule has 9 nitrogen and oxygen atoms in total. The summed E-state index contributed by atoms with van der Waals surface area (Å²) in [6, 6.07) is 0. The molecule has 0 aromatic rings. The van der Waals surface area contributed by atoms with Crippen molar-refractivity contribution in [1.82, 2.24) is 0 Å². The van der Waals surface area contributed by atoms with E-state index >= 15 is 0 Å². The molecule has 82 valence electrons. The third kappa shape index (κ3) is 3.13. The van der Waals surface area contributed by atoms with Crippen molar-refractivity contribution in [2.45, 2.75) is 0 Å². The van der Waals surface area contributed by atoms with Gasteiger partial charge in [0, 0.05) is 0 Å². The first-order valence-corrected chi connectivity index (χ1v) is 7.73. The zero-order valence-corrected chi connectivity index (χ0v) is 9.17. The van der Waals surface area contributed by atoms with Gasteiger partial charge in [-0.25, -0.2) is 0 Å². The predicted octanol–water partition coefficient (Wildman–Crippen LogP) is -0.407. The molecule has 12 heteroatoms. The van der Waals surface area contributed by atoms with Crippen LogP contribution in [0.5, 0.6) is 0 Å². The molecule has 0 aromatic carbocycles. The maximum absolute atomic E-state index is 10.8. The van der Waals surface area contributed by atoms with Gasteiger partial charge in [0.15, 0.2) is 0 Å². The third-order valence-electron chi connectivity index (χ3n) is 0.985. The molecule has 0 aliphatic carbocycles. The Hall–Kier alpha value is 0.770. The predicted molar refractivity (Wildman–Crippen MR) is 43.4 cm³/mol. The first-order chi connectivity index (χ1) is 5.68. The molecule has 13 heavy (non-hydrogen) atoms. The van der Waals surface area contributed by atoms with E-state index in [1.54, 1.807) is 0 Å². The van der Waals surface area contributed by atoms with Crippen LogP contribution in [-0.4, -0.2) is 26.7 Å². The molecular formula is CH9O9P3. The van der Waals surface area contributed by atoms with E-state index in [0.29, 0.717) is 0 Å². The molecule has 1 aliphatic rings. The quantitative estimate of drug-likeness (QED) is 0.463. The number of hydrogen-bond acceptors (Lipinski definition) is 8. The summed E-state index contributed by atoms with van der Waals surface area (Å²) in [5.74, 6) is 0. The van der Waals surface area contributed by atoms with Crippen LogP contribution in [0, 0.1) is 0 Å². The van der Waals surface area contributed by atoms with Crippen LogP contribution in [0.2, 0.25) is 0 Å². The summed E-state index contributed by atoms with van der Waals surface area (Å²) in [6.07, 6.45) is 0. The molecule has 1 fully saturated rings. The number of phosphoric acid groups is 1. The van der Waals surface area contributed by atoms with Crippen LogP contribution >= 0.6 is 24.2 Å². The Morgan fingerprint density at radius 2 is 1.85 bits per heavy atom. The molecule has 0 saturated carbocycles. The van der Waals surface area contributed by atoms with Crippen molar-refractivity contribution in [1.29, 1.82) is 0 Å². The van der Waals surface area contributed by atoms with Crippen molar-refractivity contribution in [2.24, 2.45) is 0 Å². The molecule has 0 bridgehead atoms. The molecule has 1 atom stereocenters. The van der Waals surface area contributed by atoms with Crippen molar-refractivity contribution < 1.29 is 41.6 Å². The minimum absolute atomic E-state index is 0.919. The van der Waals surface area contributed by atoms with Crippen molar-refractivity contribution in [3.05, 3.63) is 0 Å². The van der Waals surface area contributed by atoms with Crippen molar-refractivity contribution in [3.63, 3.8) is 0 Å². The summed E-state index contributed by atoms with van der Waals surface area (Å²) in [5.41, 5.74) is 0. The summed E-state index contributed by atoms with van der Waals surface area (Å²) >= 11 is 0. The Balaban J connectivity index is 2.90. The van der Waals surface area contributed by atoms with Crippen LogP contribution < -0.4 is 0 Å². The van der Waals surface area contributed by atoms with Gasteiger partial charge in [0.25, 0.3) is 0 Å². The summed E-state index contributed by atoms with van der Waals surface area (Å²) in [6.45, 7) is 0. The van der Waals surface area contributed by atoms with Crippen LogP contribution in [-0.2, 0) is 22.0 Å².